The van der Waals surface area contributed by atoms with Crippen molar-refractivity contribution in [3.63, 3.8) is 0 Å². The Kier molecular flexibility index (Phi) is 50.8. The molecule has 0 heterocycles. The van der Waals surface area contributed by atoms with E-state index in [1.807, 2.05) is 33.3 Å². The third-order valence-electron chi connectivity index (χ3n) is 13.9. The Balaban J connectivity index is 5.20. The second-order valence-electron chi connectivity index (χ2n) is 22.2. The van der Waals surface area contributed by atoms with Crippen LogP contribution in [0.1, 0.15) is 303 Å². The normalized spacial score (nSPS) is 13.8. The van der Waals surface area contributed by atoms with E-state index in [-0.39, 0.29) is 25.1 Å². The van der Waals surface area contributed by atoms with Gasteiger partial charge in [0.2, 0.25) is 5.91 Å². The first-order valence-electron chi connectivity index (χ1n) is 30.7. The average molecular weight is 1020 g/mol. The second kappa shape index (κ2) is 52.0. The van der Waals surface area contributed by atoms with Crippen molar-refractivity contribution < 1.29 is 37.3 Å². The maximum absolute atomic E-state index is 13.5. The third kappa shape index (κ3) is 53.1. The molecule has 9 nitrogen and oxygen atoms in total. The molecule has 0 saturated carbocycles. The number of phosphoric acid groups is 1. The van der Waals surface area contributed by atoms with Gasteiger partial charge in [-0.2, -0.15) is 0 Å². The van der Waals surface area contributed by atoms with Crippen molar-refractivity contribution in [1.29, 1.82) is 0 Å². The molecule has 0 aliphatic rings. The lowest BCUT2D eigenvalue weighted by Gasteiger charge is -2.27. The predicted molar refractivity (Wildman–Crippen MR) is 305 cm³/mol. The smallest absolute Gasteiger partial charge is 0.456 e. The van der Waals surface area contributed by atoms with E-state index in [1.165, 1.54) is 212 Å². The number of nitrogens with one attached hydrogen (secondary N) is 1. The molecule has 0 aromatic heterocycles. The van der Waals surface area contributed by atoms with E-state index >= 15 is 0 Å². The number of nitrogens with zero attached hydrogens (tertiary/aromatic N) is 1. The SMILES string of the molecule is CCCCCCCC/C=C/CCCCCCCCCCCC(=O)OC(/C=C/CCCCCCCCCCC)C(COP(=O)(O)OCC[N+](C)(C)C)NC(=O)CCCCCCCCCCCCCCCCC. The number of quaternary nitrogens is 1. The summed E-state index contributed by atoms with van der Waals surface area (Å²) < 4.78 is 30.7. The van der Waals surface area contributed by atoms with Crippen molar-refractivity contribution in [2.45, 2.75) is 315 Å². The average Bonchev–Trinajstić information content (AvgIpc) is 3.33. The summed E-state index contributed by atoms with van der Waals surface area (Å²) in [6.45, 7) is 7.04. The Bertz CT molecular complexity index is 1270. The van der Waals surface area contributed by atoms with Crippen LogP contribution >= 0.6 is 7.82 Å². The Hall–Kier alpha value is -1.51. The molecule has 0 spiro atoms. The number of phosphoric ester groups is 1. The van der Waals surface area contributed by atoms with Gasteiger partial charge in [-0.3, -0.25) is 18.6 Å². The zero-order valence-corrected chi connectivity index (χ0v) is 48.9. The highest BCUT2D eigenvalue weighted by Gasteiger charge is 2.30. The number of allylic oxidation sites excluding steroid dienone is 3. The molecule has 3 unspecified atom stereocenters. The van der Waals surface area contributed by atoms with Crippen molar-refractivity contribution >= 4 is 19.7 Å². The molecule has 0 saturated heterocycles. The van der Waals surface area contributed by atoms with Crippen LogP contribution in [0, 0.1) is 0 Å². The van der Waals surface area contributed by atoms with Crippen LogP contribution in [0.3, 0.4) is 0 Å². The van der Waals surface area contributed by atoms with Crippen LogP contribution in [-0.2, 0) is 27.9 Å². The Morgan fingerprint density at radius 3 is 1.20 bits per heavy atom. The topological polar surface area (TPSA) is 111 Å². The molecular formula is C61H120N2O7P+. The molecule has 0 aromatic rings. The number of unbranched alkanes of at least 4 members (excludes halogenated alkanes) is 38. The van der Waals surface area contributed by atoms with Crippen LogP contribution in [0.5, 0.6) is 0 Å². The number of amides is 1. The lowest BCUT2D eigenvalue weighted by molar-refractivity contribution is -0.870. The summed E-state index contributed by atoms with van der Waals surface area (Å²) in [5.41, 5.74) is 0. The van der Waals surface area contributed by atoms with E-state index < -0.39 is 20.0 Å². The van der Waals surface area contributed by atoms with E-state index in [9.17, 15) is 19.0 Å². The molecule has 0 bridgehead atoms. The van der Waals surface area contributed by atoms with Crippen LogP contribution in [0.25, 0.3) is 0 Å². The first-order chi connectivity index (χ1) is 34.4. The lowest BCUT2D eigenvalue weighted by Crippen LogP contribution is -2.47. The van der Waals surface area contributed by atoms with Crippen LogP contribution in [0.2, 0.25) is 0 Å². The molecule has 0 aromatic carbocycles. The van der Waals surface area contributed by atoms with Crippen LogP contribution in [-0.4, -0.2) is 74.3 Å². The minimum Gasteiger partial charge on any atom is -0.456 e. The van der Waals surface area contributed by atoms with Gasteiger partial charge in [-0.1, -0.05) is 257 Å². The Morgan fingerprint density at radius 2 is 0.817 bits per heavy atom. The maximum Gasteiger partial charge on any atom is 0.472 e. The molecular weight excluding hydrogens is 904 g/mol. The highest BCUT2D eigenvalue weighted by molar-refractivity contribution is 7.47. The number of hydrogen-bond donors (Lipinski definition) is 2. The molecule has 0 fully saturated rings. The molecule has 71 heavy (non-hydrogen) atoms. The van der Waals surface area contributed by atoms with E-state index in [2.05, 4.69) is 38.2 Å². The predicted octanol–water partition coefficient (Wildman–Crippen LogP) is 18.6. The molecule has 2 N–H and O–H groups in total. The molecule has 0 aliphatic carbocycles. The minimum absolute atomic E-state index is 0.0435. The lowest BCUT2D eigenvalue weighted by atomic mass is 10.0. The van der Waals surface area contributed by atoms with Crippen molar-refractivity contribution in [2.24, 2.45) is 0 Å². The third-order valence-corrected chi connectivity index (χ3v) is 14.9. The number of rotatable bonds is 56. The fourth-order valence-electron chi connectivity index (χ4n) is 9.11. The van der Waals surface area contributed by atoms with Gasteiger partial charge in [-0.25, -0.2) is 4.57 Å². The van der Waals surface area contributed by atoms with E-state index in [0.717, 1.165) is 57.8 Å². The molecule has 420 valence electrons. The summed E-state index contributed by atoms with van der Waals surface area (Å²) in [6, 6.07) is -0.842. The molecule has 3 atom stereocenters. The zero-order chi connectivity index (χ0) is 52.2. The summed E-state index contributed by atoms with van der Waals surface area (Å²) in [5, 5.41) is 3.06. The highest BCUT2D eigenvalue weighted by atomic mass is 31.2. The van der Waals surface area contributed by atoms with Gasteiger partial charge in [0.15, 0.2) is 0 Å². The molecule has 0 radical (unpaired) electrons. The summed E-state index contributed by atoms with van der Waals surface area (Å²) in [7, 11) is 1.51. The van der Waals surface area contributed by atoms with Gasteiger partial charge in [-0.15, -0.1) is 0 Å². The van der Waals surface area contributed by atoms with Crippen molar-refractivity contribution in [3.8, 4) is 0 Å². The maximum atomic E-state index is 13.5. The number of esters is 1. The van der Waals surface area contributed by atoms with Gasteiger partial charge in [0.25, 0.3) is 0 Å². The van der Waals surface area contributed by atoms with Gasteiger partial charge in [0.1, 0.15) is 19.3 Å². The van der Waals surface area contributed by atoms with E-state index in [0.29, 0.717) is 23.9 Å². The van der Waals surface area contributed by atoms with Gasteiger partial charge in [0.05, 0.1) is 33.8 Å². The highest BCUT2D eigenvalue weighted by Crippen LogP contribution is 2.43. The van der Waals surface area contributed by atoms with Crippen molar-refractivity contribution in [2.75, 3.05) is 40.9 Å². The number of hydrogen-bond acceptors (Lipinski definition) is 6. The van der Waals surface area contributed by atoms with Crippen LogP contribution in [0.4, 0.5) is 0 Å². The quantitative estimate of drug-likeness (QED) is 0.0205. The zero-order valence-electron chi connectivity index (χ0n) is 48.0. The van der Waals surface area contributed by atoms with Crippen molar-refractivity contribution in [1.82, 2.24) is 5.32 Å². The van der Waals surface area contributed by atoms with Crippen LogP contribution in [0.15, 0.2) is 24.3 Å². The summed E-state index contributed by atoms with van der Waals surface area (Å²) in [6.07, 6.45) is 60.2. The van der Waals surface area contributed by atoms with E-state index in [1.54, 1.807) is 0 Å². The Morgan fingerprint density at radius 1 is 0.479 bits per heavy atom. The summed E-state index contributed by atoms with van der Waals surface area (Å²) in [4.78, 5) is 37.6. The van der Waals surface area contributed by atoms with Gasteiger partial charge in [0, 0.05) is 12.8 Å². The number of carbonyl (C=O) groups is 2. The van der Waals surface area contributed by atoms with Gasteiger partial charge in [-0.05, 0) is 57.4 Å². The second-order valence-corrected chi connectivity index (χ2v) is 23.7. The standard InChI is InChI=1S/C61H119N2O7P/c1-7-10-13-16-19-22-25-27-29-30-31-32-34-36-39-42-45-48-51-54-61(65)70-59(52-49-46-43-40-37-24-21-18-15-12-9-3)58(57-69-71(66,67)68-56-55-63(4,5)6)62-60(64)53-50-47-44-41-38-35-33-28-26-23-20-17-14-11-8-2/h27,29,49,52,58-59H,7-26,28,30-48,50-51,53-57H2,1-6H3,(H-,62,64,66,67)/p+1/b29-27+,52-49+. The summed E-state index contributed by atoms with van der Waals surface area (Å²) >= 11 is 0. The molecule has 10 heteroatoms. The van der Waals surface area contributed by atoms with E-state index in [4.69, 9.17) is 13.8 Å². The van der Waals surface area contributed by atoms with Gasteiger partial charge >= 0.3 is 13.8 Å². The molecule has 0 rings (SSSR count). The van der Waals surface area contributed by atoms with Crippen molar-refractivity contribution in [3.05, 3.63) is 24.3 Å². The largest absolute Gasteiger partial charge is 0.472 e. The molecule has 1 amide bonds. The first kappa shape index (κ1) is 69.5. The minimum atomic E-state index is -4.44. The Labute approximate surface area is 441 Å². The fourth-order valence-corrected chi connectivity index (χ4v) is 9.85. The molecule has 0 aliphatic heterocycles. The number of ether oxygens (including phenoxy) is 1. The monoisotopic (exact) mass is 1020 g/mol. The number of carbonyl (C=O) groups excluding carboxylic acids is 2. The van der Waals surface area contributed by atoms with Crippen LogP contribution < -0.4 is 5.32 Å². The first-order valence-corrected chi connectivity index (χ1v) is 32.2. The summed E-state index contributed by atoms with van der Waals surface area (Å²) in [5.74, 6) is -0.493. The van der Waals surface area contributed by atoms with Gasteiger partial charge < -0.3 is 19.4 Å². The fraction of sp³-hybridized carbons (Fsp3) is 0.902. The number of likely N-dealkylation sites (N-methyl/N-ethyl adjacent to an activating group) is 1.